The standard InChI is InChI=1S/C22H21N3O3/c1-16(18-6-5-13-23-14-18)25-21(26)15-24-22(27)17-9-11-20(12-10-17)28-19-7-3-2-4-8-19/h2-14,16H,15H2,1H3,(H,24,27)(H,25,26). The van der Waals surface area contributed by atoms with Crippen molar-refractivity contribution in [1.29, 1.82) is 0 Å². The molecule has 0 radical (unpaired) electrons. The molecule has 1 atom stereocenters. The molecule has 0 aliphatic rings. The van der Waals surface area contributed by atoms with E-state index in [1.165, 1.54) is 0 Å². The first-order valence-corrected chi connectivity index (χ1v) is 8.92. The highest BCUT2D eigenvalue weighted by Gasteiger charge is 2.12. The zero-order chi connectivity index (χ0) is 19.8. The molecule has 142 valence electrons. The molecule has 2 amide bonds. The van der Waals surface area contributed by atoms with Crippen molar-refractivity contribution in [3.63, 3.8) is 0 Å². The van der Waals surface area contributed by atoms with E-state index in [0.717, 1.165) is 11.3 Å². The first-order chi connectivity index (χ1) is 13.6. The molecule has 1 heterocycles. The smallest absolute Gasteiger partial charge is 0.251 e. The van der Waals surface area contributed by atoms with Crippen LogP contribution in [0.2, 0.25) is 0 Å². The van der Waals surface area contributed by atoms with Crippen LogP contribution in [0.3, 0.4) is 0 Å². The topological polar surface area (TPSA) is 80.3 Å². The van der Waals surface area contributed by atoms with E-state index in [0.29, 0.717) is 11.3 Å². The number of para-hydroxylation sites is 1. The van der Waals surface area contributed by atoms with Gasteiger partial charge in [0.05, 0.1) is 12.6 Å². The van der Waals surface area contributed by atoms with E-state index in [9.17, 15) is 9.59 Å². The fraction of sp³-hybridized carbons (Fsp3) is 0.136. The molecule has 0 saturated heterocycles. The highest BCUT2D eigenvalue weighted by molar-refractivity contribution is 5.96. The largest absolute Gasteiger partial charge is 0.457 e. The highest BCUT2D eigenvalue weighted by atomic mass is 16.5. The molecule has 2 aromatic carbocycles. The molecule has 6 nitrogen and oxygen atoms in total. The Morgan fingerprint density at radius 2 is 1.68 bits per heavy atom. The molecule has 28 heavy (non-hydrogen) atoms. The van der Waals surface area contributed by atoms with Gasteiger partial charge in [-0.15, -0.1) is 0 Å². The lowest BCUT2D eigenvalue weighted by atomic mass is 10.1. The van der Waals surface area contributed by atoms with Gasteiger partial charge in [0.15, 0.2) is 0 Å². The summed E-state index contributed by atoms with van der Waals surface area (Å²) in [6, 6.07) is 19.6. The lowest BCUT2D eigenvalue weighted by molar-refractivity contribution is -0.120. The Labute approximate surface area is 163 Å². The average molecular weight is 375 g/mol. The Morgan fingerprint density at radius 1 is 0.964 bits per heavy atom. The van der Waals surface area contributed by atoms with Crippen molar-refractivity contribution < 1.29 is 14.3 Å². The van der Waals surface area contributed by atoms with Gasteiger partial charge in [0.2, 0.25) is 5.91 Å². The molecule has 6 heteroatoms. The zero-order valence-corrected chi connectivity index (χ0v) is 15.5. The number of nitrogens with zero attached hydrogens (tertiary/aromatic N) is 1. The summed E-state index contributed by atoms with van der Waals surface area (Å²) in [5.74, 6) is 0.758. The van der Waals surface area contributed by atoms with Crippen LogP contribution in [0.1, 0.15) is 28.9 Å². The summed E-state index contributed by atoms with van der Waals surface area (Å²) in [5, 5.41) is 5.44. The molecule has 3 rings (SSSR count). The zero-order valence-electron chi connectivity index (χ0n) is 15.5. The van der Waals surface area contributed by atoms with Crippen LogP contribution in [-0.4, -0.2) is 23.3 Å². The summed E-state index contributed by atoms with van der Waals surface area (Å²) in [7, 11) is 0. The Kier molecular flexibility index (Phi) is 6.36. The Bertz CT molecular complexity index is 913. The molecule has 1 aromatic heterocycles. The van der Waals surface area contributed by atoms with Crippen LogP contribution < -0.4 is 15.4 Å². The second-order valence-corrected chi connectivity index (χ2v) is 6.20. The van der Waals surface area contributed by atoms with Crippen molar-refractivity contribution in [1.82, 2.24) is 15.6 Å². The van der Waals surface area contributed by atoms with Gasteiger partial charge < -0.3 is 15.4 Å². The van der Waals surface area contributed by atoms with Crippen LogP contribution in [-0.2, 0) is 4.79 Å². The molecule has 0 fully saturated rings. The summed E-state index contributed by atoms with van der Waals surface area (Å²) < 4.78 is 5.70. The lowest BCUT2D eigenvalue weighted by Gasteiger charge is -2.14. The van der Waals surface area contributed by atoms with Crippen molar-refractivity contribution in [2.75, 3.05) is 6.54 Å². The molecule has 0 aliphatic carbocycles. The Hall–Kier alpha value is -3.67. The molecule has 1 unspecified atom stereocenters. The number of carbonyl (C=O) groups is 2. The van der Waals surface area contributed by atoms with Crippen molar-refractivity contribution in [3.05, 3.63) is 90.3 Å². The minimum absolute atomic E-state index is 0.105. The van der Waals surface area contributed by atoms with E-state index < -0.39 is 0 Å². The third-order valence-electron chi connectivity index (χ3n) is 4.07. The Balaban J connectivity index is 1.48. The number of rotatable bonds is 7. The minimum atomic E-state index is -0.324. The van der Waals surface area contributed by atoms with Crippen LogP contribution in [0.4, 0.5) is 0 Å². The average Bonchev–Trinajstić information content (AvgIpc) is 2.74. The van der Waals surface area contributed by atoms with Gasteiger partial charge in [-0.2, -0.15) is 0 Å². The van der Waals surface area contributed by atoms with Crippen LogP contribution in [0.5, 0.6) is 11.5 Å². The number of aromatic nitrogens is 1. The van der Waals surface area contributed by atoms with Crippen molar-refractivity contribution >= 4 is 11.8 Å². The maximum atomic E-state index is 12.2. The fourth-order valence-electron chi connectivity index (χ4n) is 2.57. The van der Waals surface area contributed by atoms with Crippen LogP contribution in [0.25, 0.3) is 0 Å². The lowest BCUT2D eigenvalue weighted by Crippen LogP contribution is -2.38. The van der Waals surface area contributed by atoms with Crippen molar-refractivity contribution in [3.8, 4) is 11.5 Å². The van der Waals surface area contributed by atoms with Gasteiger partial charge in [-0.25, -0.2) is 0 Å². The Morgan fingerprint density at radius 3 is 2.36 bits per heavy atom. The number of hydrogen-bond acceptors (Lipinski definition) is 4. The third kappa shape index (κ3) is 5.41. The maximum absolute atomic E-state index is 12.2. The van der Waals surface area contributed by atoms with Crippen LogP contribution in [0, 0.1) is 0 Å². The van der Waals surface area contributed by atoms with E-state index in [1.807, 2.05) is 49.4 Å². The summed E-state index contributed by atoms with van der Waals surface area (Å²) in [5.41, 5.74) is 1.35. The summed E-state index contributed by atoms with van der Waals surface area (Å²) in [6.45, 7) is 1.76. The minimum Gasteiger partial charge on any atom is -0.457 e. The SMILES string of the molecule is CC(NC(=O)CNC(=O)c1ccc(Oc2ccccc2)cc1)c1cccnc1. The number of amides is 2. The van der Waals surface area contributed by atoms with Gasteiger partial charge in [-0.05, 0) is 55.0 Å². The first-order valence-electron chi connectivity index (χ1n) is 8.92. The molecule has 3 aromatic rings. The number of benzene rings is 2. The molecular weight excluding hydrogens is 354 g/mol. The van der Waals surface area contributed by atoms with Crippen molar-refractivity contribution in [2.45, 2.75) is 13.0 Å². The number of pyridine rings is 1. The van der Waals surface area contributed by atoms with E-state index >= 15 is 0 Å². The van der Waals surface area contributed by atoms with Gasteiger partial charge in [0.25, 0.3) is 5.91 Å². The van der Waals surface area contributed by atoms with Gasteiger partial charge in [0.1, 0.15) is 11.5 Å². The van der Waals surface area contributed by atoms with Crippen LogP contribution in [0.15, 0.2) is 79.1 Å². The van der Waals surface area contributed by atoms with Crippen LogP contribution >= 0.6 is 0 Å². The molecule has 2 N–H and O–H groups in total. The fourth-order valence-corrected chi connectivity index (χ4v) is 2.57. The van der Waals surface area contributed by atoms with E-state index in [1.54, 1.807) is 36.7 Å². The highest BCUT2D eigenvalue weighted by Crippen LogP contribution is 2.21. The van der Waals surface area contributed by atoms with E-state index in [4.69, 9.17) is 4.74 Å². The monoisotopic (exact) mass is 375 g/mol. The molecule has 0 bridgehead atoms. The number of nitrogens with one attached hydrogen (secondary N) is 2. The number of hydrogen-bond donors (Lipinski definition) is 2. The summed E-state index contributed by atoms with van der Waals surface area (Å²) in [4.78, 5) is 28.3. The molecule has 0 aliphatic heterocycles. The van der Waals surface area contributed by atoms with Gasteiger partial charge in [-0.1, -0.05) is 24.3 Å². The first kappa shape index (κ1) is 19.1. The molecule has 0 saturated carbocycles. The molecule has 0 spiro atoms. The van der Waals surface area contributed by atoms with Gasteiger partial charge in [-0.3, -0.25) is 14.6 Å². The normalized spacial score (nSPS) is 11.3. The predicted molar refractivity (Wildman–Crippen MR) is 106 cm³/mol. The third-order valence-corrected chi connectivity index (χ3v) is 4.07. The number of carbonyl (C=O) groups excluding carboxylic acids is 2. The quantitative estimate of drug-likeness (QED) is 0.663. The predicted octanol–water partition coefficient (Wildman–Crippen LogP) is 3.48. The second-order valence-electron chi connectivity index (χ2n) is 6.20. The maximum Gasteiger partial charge on any atom is 0.251 e. The van der Waals surface area contributed by atoms with Gasteiger partial charge >= 0.3 is 0 Å². The molecular formula is C22H21N3O3. The second kappa shape index (κ2) is 9.32. The van der Waals surface area contributed by atoms with Crippen molar-refractivity contribution in [2.24, 2.45) is 0 Å². The van der Waals surface area contributed by atoms with E-state index in [2.05, 4.69) is 15.6 Å². The summed E-state index contributed by atoms with van der Waals surface area (Å²) >= 11 is 0. The van der Waals surface area contributed by atoms with E-state index in [-0.39, 0.29) is 24.4 Å². The summed E-state index contributed by atoms with van der Waals surface area (Å²) in [6.07, 6.45) is 3.37. The van der Waals surface area contributed by atoms with Gasteiger partial charge in [0, 0.05) is 18.0 Å². The number of ether oxygens (including phenoxy) is 1.